The van der Waals surface area contributed by atoms with E-state index in [1.807, 2.05) is 12.4 Å². The van der Waals surface area contributed by atoms with Crippen molar-refractivity contribution in [2.45, 2.75) is 51.2 Å². The van der Waals surface area contributed by atoms with E-state index in [1.165, 1.54) is 25.7 Å². The highest BCUT2D eigenvalue weighted by Gasteiger charge is 2.20. The van der Waals surface area contributed by atoms with Crippen LogP contribution < -0.4 is 10.6 Å². The predicted molar refractivity (Wildman–Crippen MR) is 66.6 cm³/mol. The van der Waals surface area contributed by atoms with Gasteiger partial charge in [0.05, 0.1) is 0 Å². The van der Waals surface area contributed by atoms with E-state index in [2.05, 4.69) is 34.2 Å². The Hall–Kier alpha value is -1.03. The number of aryl methyl sites for hydroxylation is 1. The molecule has 0 unspecified atom stereocenters. The number of imidazole rings is 1. The van der Waals surface area contributed by atoms with Crippen LogP contribution in [0.5, 0.6) is 0 Å². The molecule has 0 aliphatic heterocycles. The monoisotopic (exact) mass is 222 g/mol. The highest BCUT2D eigenvalue weighted by atomic mass is 15.2. The van der Waals surface area contributed by atoms with Gasteiger partial charge in [-0.2, -0.15) is 0 Å². The lowest BCUT2D eigenvalue weighted by molar-refractivity contribution is 0.370. The average molecular weight is 222 g/mol. The summed E-state index contributed by atoms with van der Waals surface area (Å²) in [7, 11) is 2.06. The SMILES string of the molecule is CCn1ccnc1NC1CCC(NC)CC1. The second-order valence-corrected chi connectivity index (χ2v) is 4.52. The van der Waals surface area contributed by atoms with E-state index in [-0.39, 0.29) is 0 Å². The molecule has 0 atom stereocenters. The number of hydrogen-bond donors (Lipinski definition) is 2. The van der Waals surface area contributed by atoms with Gasteiger partial charge in [0.1, 0.15) is 0 Å². The van der Waals surface area contributed by atoms with E-state index in [1.54, 1.807) is 0 Å². The summed E-state index contributed by atoms with van der Waals surface area (Å²) in [5.41, 5.74) is 0. The first kappa shape index (κ1) is 11.5. The molecule has 0 radical (unpaired) electrons. The lowest BCUT2D eigenvalue weighted by Gasteiger charge is -2.29. The van der Waals surface area contributed by atoms with Crippen LogP contribution >= 0.6 is 0 Å². The fraction of sp³-hybridized carbons (Fsp3) is 0.750. The predicted octanol–water partition coefficient (Wildman–Crippen LogP) is 1.85. The van der Waals surface area contributed by atoms with E-state index >= 15 is 0 Å². The molecule has 1 fully saturated rings. The summed E-state index contributed by atoms with van der Waals surface area (Å²) in [6.07, 6.45) is 8.90. The van der Waals surface area contributed by atoms with Gasteiger partial charge in [-0.05, 0) is 39.7 Å². The number of nitrogens with zero attached hydrogens (tertiary/aromatic N) is 2. The third kappa shape index (κ3) is 2.55. The highest BCUT2D eigenvalue weighted by molar-refractivity contribution is 5.27. The van der Waals surface area contributed by atoms with Crippen molar-refractivity contribution in [2.75, 3.05) is 12.4 Å². The van der Waals surface area contributed by atoms with Crippen molar-refractivity contribution in [2.24, 2.45) is 0 Å². The van der Waals surface area contributed by atoms with Crippen molar-refractivity contribution >= 4 is 5.95 Å². The summed E-state index contributed by atoms with van der Waals surface area (Å²) >= 11 is 0. The Labute approximate surface area is 97.4 Å². The van der Waals surface area contributed by atoms with Crippen molar-refractivity contribution in [1.29, 1.82) is 0 Å². The first-order chi connectivity index (χ1) is 7.83. The van der Waals surface area contributed by atoms with E-state index in [0.717, 1.165) is 12.5 Å². The van der Waals surface area contributed by atoms with E-state index in [4.69, 9.17) is 0 Å². The van der Waals surface area contributed by atoms with Gasteiger partial charge in [-0.3, -0.25) is 0 Å². The molecule has 0 aromatic carbocycles. The van der Waals surface area contributed by atoms with Crippen LogP contribution in [0.25, 0.3) is 0 Å². The number of rotatable bonds is 4. The lowest BCUT2D eigenvalue weighted by Crippen LogP contribution is -2.35. The number of aromatic nitrogens is 2. The Morgan fingerprint density at radius 2 is 2.00 bits per heavy atom. The molecule has 0 saturated heterocycles. The molecule has 1 aromatic heterocycles. The van der Waals surface area contributed by atoms with Gasteiger partial charge in [0.25, 0.3) is 0 Å². The minimum atomic E-state index is 0.595. The van der Waals surface area contributed by atoms with Gasteiger partial charge >= 0.3 is 0 Å². The first-order valence-corrected chi connectivity index (χ1v) is 6.28. The Bertz CT molecular complexity index is 313. The van der Waals surface area contributed by atoms with E-state index in [0.29, 0.717) is 12.1 Å². The van der Waals surface area contributed by atoms with Gasteiger partial charge in [0.15, 0.2) is 0 Å². The second-order valence-electron chi connectivity index (χ2n) is 4.52. The van der Waals surface area contributed by atoms with Crippen molar-refractivity contribution < 1.29 is 0 Å². The third-order valence-electron chi connectivity index (χ3n) is 3.52. The Kier molecular flexibility index (Phi) is 3.83. The zero-order valence-corrected chi connectivity index (χ0v) is 10.2. The maximum atomic E-state index is 4.36. The molecule has 0 spiro atoms. The first-order valence-electron chi connectivity index (χ1n) is 6.28. The molecule has 16 heavy (non-hydrogen) atoms. The second kappa shape index (κ2) is 5.34. The molecule has 4 heteroatoms. The van der Waals surface area contributed by atoms with Crippen LogP contribution in [-0.2, 0) is 6.54 Å². The molecular weight excluding hydrogens is 200 g/mol. The zero-order chi connectivity index (χ0) is 11.4. The zero-order valence-electron chi connectivity index (χ0n) is 10.2. The van der Waals surface area contributed by atoms with Gasteiger partial charge in [0, 0.05) is 31.0 Å². The summed E-state index contributed by atoms with van der Waals surface area (Å²) in [4.78, 5) is 4.36. The summed E-state index contributed by atoms with van der Waals surface area (Å²) in [6.45, 7) is 3.12. The minimum absolute atomic E-state index is 0.595. The maximum Gasteiger partial charge on any atom is 0.202 e. The van der Waals surface area contributed by atoms with E-state index < -0.39 is 0 Å². The number of hydrogen-bond acceptors (Lipinski definition) is 3. The molecule has 90 valence electrons. The van der Waals surface area contributed by atoms with Gasteiger partial charge in [0.2, 0.25) is 5.95 Å². The van der Waals surface area contributed by atoms with Crippen molar-refractivity contribution in [3.8, 4) is 0 Å². The van der Waals surface area contributed by atoms with Crippen LogP contribution in [0.4, 0.5) is 5.95 Å². The fourth-order valence-corrected chi connectivity index (χ4v) is 2.41. The van der Waals surface area contributed by atoms with Gasteiger partial charge < -0.3 is 15.2 Å². The molecule has 0 amide bonds. The molecule has 4 nitrogen and oxygen atoms in total. The Morgan fingerprint density at radius 1 is 1.31 bits per heavy atom. The van der Waals surface area contributed by atoms with Crippen LogP contribution in [0.3, 0.4) is 0 Å². The van der Waals surface area contributed by atoms with Crippen molar-refractivity contribution in [1.82, 2.24) is 14.9 Å². The minimum Gasteiger partial charge on any atom is -0.353 e. The van der Waals surface area contributed by atoms with Gasteiger partial charge in [-0.15, -0.1) is 0 Å². The molecule has 1 aromatic rings. The molecule has 1 aliphatic rings. The number of anilines is 1. The van der Waals surface area contributed by atoms with Crippen LogP contribution in [-0.4, -0.2) is 28.7 Å². The molecule has 1 aliphatic carbocycles. The van der Waals surface area contributed by atoms with Gasteiger partial charge in [-0.25, -0.2) is 4.98 Å². The number of nitrogens with one attached hydrogen (secondary N) is 2. The van der Waals surface area contributed by atoms with Crippen molar-refractivity contribution in [3.05, 3.63) is 12.4 Å². The van der Waals surface area contributed by atoms with Crippen LogP contribution in [0.1, 0.15) is 32.6 Å². The molecule has 0 bridgehead atoms. The summed E-state index contributed by atoms with van der Waals surface area (Å²) in [6, 6.07) is 1.31. The third-order valence-corrected chi connectivity index (χ3v) is 3.52. The largest absolute Gasteiger partial charge is 0.353 e. The van der Waals surface area contributed by atoms with E-state index in [9.17, 15) is 0 Å². The van der Waals surface area contributed by atoms with Crippen LogP contribution in [0.15, 0.2) is 12.4 Å². The standard InChI is InChI=1S/C12H22N4/c1-3-16-9-8-14-12(16)15-11-6-4-10(13-2)5-7-11/h8-11,13H,3-7H2,1-2H3,(H,14,15). The molecule has 1 saturated carbocycles. The smallest absolute Gasteiger partial charge is 0.202 e. The normalized spacial score (nSPS) is 25.6. The topological polar surface area (TPSA) is 41.9 Å². The summed E-state index contributed by atoms with van der Waals surface area (Å²) in [5.74, 6) is 1.02. The van der Waals surface area contributed by atoms with Crippen LogP contribution in [0, 0.1) is 0 Å². The Morgan fingerprint density at radius 3 is 2.62 bits per heavy atom. The molecule has 1 heterocycles. The summed E-state index contributed by atoms with van der Waals surface area (Å²) in [5, 5.41) is 6.91. The Balaban J connectivity index is 1.87. The molecule has 2 N–H and O–H groups in total. The van der Waals surface area contributed by atoms with Crippen LogP contribution in [0.2, 0.25) is 0 Å². The van der Waals surface area contributed by atoms with Gasteiger partial charge in [-0.1, -0.05) is 0 Å². The highest BCUT2D eigenvalue weighted by Crippen LogP contribution is 2.21. The maximum absolute atomic E-state index is 4.36. The summed E-state index contributed by atoms with van der Waals surface area (Å²) < 4.78 is 2.16. The molecular formula is C12H22N4. The fourth-order valence-electron chi connectivity index (χ4n) is 2.41. The average Bonchev–Trinajstić information content (AvgIpc) is 2.77. The lowest BCUT2D eigenvalue weighted by atomic mass is 9.91. The van der Waals surface area contributed by atoms with Crippen molar-refractivity contribution in [3.63, 3.8) is 0 Å². The quantitative estimate of drug-likeness (QED) is 0.817. The molecule has 2 rings (SSSR count).